The molecule has 0 aliphatic heterocycles. The Morgan fingerprint density at radius 1 is 1.22 bits per heavy atom. The first-order valence-corrected chi connectivity index (χ1v) is 10.6. The van der Waals surface area contributed by atoms with E-state index in [1.54, 1.807) is 34.7 Å². The van der Waals surface area contributed by atoms with E-state index in [1.165, 1.54) is 24.0 Å². The Hall–Kier alpha value is -3.92. The van der Waals surface area contributed by atoms with E-state index < -0.39 is 4.92 Å². The predicted molar refractivity (Wildman–Crippen MR) is 122 cm³/mol. The second-order valence-corrected chi connectivity index (χ2v) is 8.16. The Bertz CT molecular complexity index is 1380. The maximum absolute atomic E-state index is 13.0. The van der Waals surface area contributed by atoms with E-state index in [-0.39, 0.29) is 16.9 Å². The van der Waals surface area contributed by atoms with Crippen molar-refractivity contribution in [2.45, 2.75) is 17.0 Å². The van der Waals surface area contributed by atoms with Crippen molar-refractivity contribution in [2.75, 3.05) is 0 Å². The molecular formula is C22H21N6O3S+. The van der Waals surface area contributed by atoms with Gasteiger partial charge in [-0.15, -0.1) is 0 Å². The first kappa shape index (κ1) is 21.3. The zero-order chi connectivity index (χ0) is 22.8. The van der Waals surface area contributed by atoms with Crippen molar-refractivity contribution in [2.24, 2.45) is 19.1 Å². The van der Waals surface area contributed by atoms with E-state index in [2.05, 4.69) is 9.98 Å². The van der Waals surface area contributed by atoms with Crippen LogP contribution in [0.15, 0.2) is 80.8 Å². The molecule has 0 aliphatic rings. The Labute approximate surface area is 187 Å². The highest BCUT2D eigenvalue weighted by molar-refractivity contribution is 7.99. The van der Waals surface area contributed by atoms with E-state index in [4.69, 9.17) is 0 Å². The van der Waals surface area contributed by atoms with Crippen molar-refractivity contribution < 1.29 is 9.49 Å². The van der Waals surface area contributed by atoms with Crippen molar-refractivity contribution in [1.29, 1.82) is 0 Å². The molecule has 2 aromatic carbocycles. The van der Waals surface area contributed by atoms with Gasteiger partial charge in [-0.05, 0) is 30.7 Å². The molecule has 162 valence electrons. The highest BCUT2D eigenvalue weighted by Gasteiger charge is 2.20. The Balaban J connectivity index is 1.68. The van der Waals surface area contributed by atoms with E-state index >= 15 is 0 Å². The fraction of sp³-hybridized carbons (Fsp3) is 0.136. The van der Waals surface area contributed by atoms with Gasteiger partial charge in [-0.2, -0.15) is 0 Å². The van der Waals surface area contributed by atoms with Crippen molar-refractivity contribution in [3.05, 3.63) is 92.7 Å². The maximum Gasteiger partial charge on any atom is 0.320 e. The van der Waals surface area contributed by atoms with Gasteiger partial charge in [0.25, 0.3) is 11.2 Å². The molecule has 32 heavy (non-hydrogen) atoms. The van der Waals surface area contributed by atoms with Gasteiger partial charge >= 0.3 is 5.16 Å². The number of rotatable bonds is 6. The molecule has 0 unspecified atom stereocenters. The molecule has 0 aliphatic carbocycles. The topological polar surface area (TPSA) is 102 Å². The molecule has 0 saturated heterocycles. The standard InChI is InChI=1S/C22H20N6O3S/c1-15-20(21(29)27(26(15)3)17-7-5-4-6-8-17)24-14-16-9-10-19(18(13-16)28(30)31)32-22-23-11-12-25(22)2/h4-14H,1-3H3/p+1. The number of aliphatic imine (C=N–C) groups is 1. The smallest absolute Gasteiger partial charge is 0.283 e. The van der Waals surface area contributed by atoms with E-state index in [0.717, 1.165) is 10.8 Å². The van der Waals surface area contributed by atoms with Crippen molar-refractivity contribution in [3.63, 3.8) is 0 Å². The number of nitrogens with zero attached hydrogens (tertiary/aromatic N) is 5. The van der Waals surface area contributed by atoms with Crippen LogP contribution in [0.3, 0.4) is 0 Å². The van der Waals surface area contributed by atoms with E-state index in [0.29, 0.717) is 16.2 Å². The maximum atomic E-state index is 13.0. The van der Waals surface area contributed by atoms with Crippen LogP contribution in [0, 0.1) is 17.0 Å². The SMILES string of the molecule is Cc1c(N=Cc2ccc(Sc3[nH]cc[n+]3C)c([N+](=O)[O-])c2)c(=O)n(-c2ccccc2)n1C. The predicted octanol–water partition coefficient (Wildman–Crippen LogP) is 3.45. The molecular weight excluding hydrogens is 428 g/mol. The monoisotopic (exact) mass is 449 g/mol. The molecule has 4 rings (SSSR count). The summed E-state index contributed by atoms with van der Waals surface area (Å²) < 4.78 is 5.13. The minimum Gasteiger partial charge on any atom is -0.283 e. The molecule has 0 atom stereocenters. The Morgan fingerprint density at radius 3 is 2.62 bits per heavy atom. The van der Waals surface area contributed by atoms with Gasteiger partial charge in [0, 0.05) is 31.1 Å². The summed E-state index contributed by atoms with van der Waals surface area (Å²) in [6.07, 6.45) is 5.08. The van der Waals surface area contributed by atoms with Crippen LogP contribution in [-0.4, -0.2) is 25.5 Å². The van der Waals surface area contributed by atoms with Gasteiger partial charge in [0.1, 0.15) is 12.4 Å². The number of para-hydroxylation sites is 1. The summed E-state index contributed by atoms with van der Waals surface area (Å²) in [6.45, 7) is 1.81. The van der Waals surface area contributed by atoms with Crippen LogP contribution in [0.2, 0.25) is 0 Å². The average Bonchev–Trinajstić information content (AvgIpc) is 3.28. The van der Waals surface area contributed by atoms with Crippen LogP contribution in [-0.2, 0) is 14.1 Å². The fourth-order valence-corrected chi connectivity index (χ4v) is 4.20. The highest BCUT2D eigenvalue weighted by Crippen LogP contribution is 2.33. The molecule has 0 saturated carbocycles. The Morgan fingerprint density at radius 2 is 1.97 bits per heavy atom. The number of aryl methyl sites for hydroxylation is 1. The number of nitrogens with one attached hydrogen (secondary N) is 1. The number of imidazole rings is 1. The third-order valence-electron chi connectivity index (χ3n) is 5.08. The average molecular weight is 450 g/mol. The summed E-state index contributed by atoms with van der Waals surface area (Å²) >= 11 is 1.27. The number of nitro groups is 1. The molecule has 0 amide bonds. The van der Waals surface area contributed by atoms with Gasteiger partial charge in [0.05, 0.1) is 28.2 Å². The van der Waals surface area contributed by atoms with Gasteiger partial charge in [-0.3, -0.25) is 19.6 Å². The minimum atomic E-state index is -0.418. The number of nitro benzene ring substituents is 1. The first-order chi connectivity index (χ1) is 15.4. The van der Waals surface area contributed by atoms with Crippen LogP contribution in [0.4, 0.5) is 11.4 Å². The normalized spacial score (nSPS) is 11.3. The van der Waals surface area contributed by atoms with E-state index in [1.807, 2.05) is 55.1 Å². The summed E-state index contributed by atoms with van der Waals surface area (Å²) in [4.78, 5) is 32.2. The van der Waals surface area contributed by atoms with Crippen LogP contribution in [0.1, 0.15) is 11.3 Å². The van der Waals surface area contributed by atoms with Crippen LogP contribution in [0.5, 0.6) is 0 Å². The van der Waals surface area contributed by atoms with Crippen LogP contribution in [0.25, 0.3) is 5.69 Å². The molecule has 2 heterocycles. The summed E-state index contributed by atoms with van der Waals surface area (Å²) in [5, 5.41) is 12.4. The van der Waals surface area contributed by atoms with Crippen molar-refractivity contribution >= 4 is 29.4 Å². The fourth-order valence-electron chi connectivity index (χ4n) is 3.28. The number of aromatic nitrogens is 4. The molecule has 0 bridgehead atoms. The summed E-state index contributed by atoms with van der Waals surface area (Å²) in [7, 11) is 3.65. The van der Waals surface area contributed by atoms with Gasteiger partial charge in [-0.1, -0.05) is 24.3 Å². The summed E-state index contributed by atoms with van der Waals surface area (Å²) in [6, 6.07) is 14.2. The lowest BCUT2D eigenvalue weighted by molar-refractivity contribution is -0.708. The second-order valence-electron chi connectivity index (χ2n) is 7.13. The summed E-state index contributed by atoms with van der Waals surface area (Å²) in [5.41, 5.74) is 1.96. The molecule has 0 fully saturated rings. The van der Waals surface area contributed by atoms with Crippen molar-refractivity contribution in [1.82, 2.24) is 14.3 Å². The molecule has 0 spiro atoms. The number of hydrogen-bond acceptors (Lipinski definition) is 5. The quantitative estimate of drug-likeness (QED) is 0.211. The number of H-pyrrole nitrogens is 1. The third-order valence-corrected chi connectivity index (χ3v) is 6.24. The minimum absolute atomic E-state index is 0.0277. The molecule has 2 aromatic heterocycles. The van der Waals surface area contributed by atoms with Crippen LogP contribution < -0.4 is 10.1 Å². The zero-order valence-corrected chi connectivity index (χ0v) is 18.5. The molecule has 10 heteroatoms. The zero-order valence-electron chi connectivity index (χ0n) is 17.7. The Kier molecular flexibility index (Phi) is 5.78. The second kappa shape index (κ2) is 8.67. The number of benzene rings is 2. The lowest BCUT2D eigenvalue weighted by Gasteiger charge is -2.07. The lowest BCUT2D eigenvalue weighted by Crippen LogP contribution is -2.27. The van der Waals surface area contributed by atoms with Gasteiger partial charge in [0.15, 0.2) is 5.69 Å². The van der Waals surface area contributed by atoms with Gasteiger partial charge < -0.3 is 0 Å². The molecule has 1 N–H and O–H groups in total. The first-order valence-electron chi connectivity index (χ1n) is 9.74. The third kappa shape index (κ3) is 4.00. The molecule has 0 radical (unpaired) electrons. The van der Waals surface area contributed by atoms with Gasteiger partial charge in [0.2, 0.25) is 0 Å². The van der Waals surface area contributed by atoms with Crippen LogP contribution >= 0.6 is 11.8 Å². The van der Waals surface area contributed by atoms with E-state index in [9.17, 15) is 14.9 Å². The largest absolute Gasteiger partial charge is 0.320 e. The highest BCUT2D eigenvalue weighted by atomic mass is 32.2. The molecule has 4 aromatic rings. The van der Waals surface area contributed by atoms with Gasteiger partial charge in [-0.25, -0.2) is 19.2 Å². The number of hydrogen-bond donors (Lipinski definition) is 1. The summed E-state index contributed by atoms with van der Waals surface area (Å²) in [5.74, 6) is 0. The molecule has 9 nitrogen and oxygen atoms in total. The lowest BCUT2D eigenvalue weighted by atomic mass is 10.2. The van der Waals surface area contributed by atoms with Crippen molar-refractivity contribution in [3.8, 4) is 5.69 Å². The number of aromatic amines is 1.